The highest BCUT2D eigenvalue weighted by molar-refractivity contribution is 5.78. The second-order valence-corrected chi connectivity index (χ2v) is 4.76. The number of aryl methyl sites for hydroxylation is 1. The molecule has 0 radical (unpaired) electrons. The standard InChI is InChI=1S/C14H20N4O/c1-3-6-13-16-11-7-4-5-8-12(11)18(13)10(2)9-14(19)17-15/h4-5,7-8,10H,3,6,9,15H2,1-2H3,(H,17,19). The third-order valence-electron chi connectivity index (χ3n) is 3.23. The summed E-state index contributed by atoms with van der Waals surface area (Å²) in [6, 6.07) is 8.05. The Morgan fingerprint density at radius 2 is 2.21 bits per heavy atom. The van der Waals surface area contributed by atoms with E-state index in [1.54, 1.807) is 0 Å². The highest BCUT2D eigenvalue weighted by Crippen LogP contribution is 2.23. The van der Waals surface area contributed by atoms with Crippen molar-refractivity contribution in [2.75, 3.05) is 0 Å². The molecule has 19 heavy (non-hydrogen) atoms. The van der Waals surface area contributed by atoms with E-state index in [9.17, 15) is 4.79 Å². The molecule has 0 aliphatic rings. The van der Waals surface area contributed by atoms with Crippen LogP contribution in [0.3, 0.4) is 0 Å². The van der Waals surface area contributed by atoms with Crippen LogP contribution in [0.1, 0.15) is 38.6 Å². The minimum Gasteiger partial charge on any atom is -0.325 e. The number of imidazole rings is 1. The molecule has 0 aliphatic heterocycles. The van der Waals surface area contributed by atoms with Crippen LogP contribution < -0.4 is 11.3 Å². The lowest BCUT2D eigenvalue weighted by Gasteiger charge is -2.16. The molecule has 102 valence electrons. The molecule has 1 aromatic heterocycles. The number of hydrazine groups is 1. The molecular weight excluding hydrogens is 240 g/mol. The Morgan fingerprint density at radius 1 is 1.47 bits per heavy atom. The van der Waals surface area contributed by atoms with Crippen LogP contribution in [0.15, 0.2) is 24.3 Å². The van der Waals surface area contributed by atoms with Crippen LogP contribution in [0.4, 0.5) is 0 Å². The predicted molar refractivity (Wildman–Crippen MR) is 75.4 cm³/mol. The molecule has 3 N–H and O–H groups in total. The molecule has 0 aliphatic carbocycles. The Bertz CT molecular complexity index is 576. The van der Waals surface area contributed by atoms with E-state index in [-0.39, 0.29) is 11.9 Å². The zero-order chi connectivity index (χ0) is 13.8. The Kier molecular flexibility index (Phi) is 4.16. The number of benzene rings is 1. The van der Waals surface area contributed by atoms with Gasteiger partial charge in [-0.25, -0.2) is 10.8 Å². The van der Waals surface area contributed by atoms with Gasteiger partial charge in [0.05, 0.1) is 11.0 Å². The molecule has 1 unspecified atom stereocenters. The smallest absolute Gasteiger partial charge is 0.235 e. The van der Waals surface area contributed by atoms with Gasteiger partial charge >= 0.3 is 0 Å². The summed E-state index contributed by atoms with van der Waals surface area (Å²) in [5, 5.41) is 0. The molecule has 2 aromatic rings. The topological polar surface area (TPSA) is 72.9 Å². The molecule has 1 atom stereocenters. The number of carbonyl (C=O) groups is 1. The molecule has 1 amide bonds. The Hall–Kier alpha value is -1.88. The third kappa shape index (κ3) is 2.76. The molecule has 0 fully saturated rings. The first-order valence-electron chi connectivity index (χ1n) is 6.62. The zero-order valence-corrected chi connectivity index (χ0v) is 11.4. The summed E-state index contributed by atoms with van der Waals surface area (Å²) in [4.78, 5) is 16.1. The number of nitrogens with one attached hydrogen (secondary N) is 1. The van der Waals surface area contributed by atoms with Crippen molar-refractivity contribution in [2.24, 2.45) is 5.84 Å². The van der Waals surface area contributed by atoms with Crippen molar-refractivity contribution in [3.63, 3.8) is 0 Å². The molecule has 0 spiro atoms. The molecule has 2 rings (SSSR count). The molecule has 1 heterocycles. The second-order valence-electron chi connectivity index (χ2n) is 4.76. The van der Waals surface area contributed by atoms with Crippen LogP contribution in [-0.2, 0) is 11.2 Å². The van der Waals surface area contributed by atoms with E-state index < -0.39 is 0 Å². The van der Waals surface area contributed by atoms with E-state index >= 15 is 0 Å². The van der Waals surface area contributed by atoms with Crippen molar-refractivity contribution >= 4 is 16.9 Å². The van der Waals surface area contributed by atoms with Gasteiger partial charge < -0.3 is 4.57 Å². The maximum atomic E-state index is 11.5. The lowest BCUT2D eigenvalue weighted by Crippen LogP contribution is -2.31. The summed E-state index contributed by atoms with van der Waals surface area (Å²) in [6.07, 6.45) is 2.29. The highest BCUT2D eigenvalue weighted by atomic mass is 16.2. The second kappa shape index (κ2) is 5.84. The van der Waals surface area contributed by atoms with Crippen molar-refractivity contribution in [3.05, 3.63) is 30.1 Å². The first-order chi connectivity index (χ1) is 9.17. The van der Waals surface area contributed by atoms with E-state index in [1.165, 1.54) is 0 Å². The monoisotopic (exact) mass is 260 g/mol. The average molecular weight is 260 g/mol. The van der Waals surface area contributed by atoms with Gasteiger partial charge in [-0.2, -0.15) is 0 Å². The lowest BCUT2D eigenvalue weighted by atomic mass is 10.2. The fourth-order valence-electron chi connectivity index (χ4n) is 2.40. The number of rotatable bonds is 5. The number of hydrogen-bond donors (Lipinski definition) is 2. The van der Waals surface area contributed by atoms with Gasteiger partial charge in [0.1, 0.15) is 5.82 Å². The molecule has 0 bridgehead atoms. The van der Waals surface area contributed by atoms with Crippen molar-refractivity contribution in [1.82, 2.24) is 15.0 Å². The van der Waals surface area contributed by atoms with Crippen LogP contribution in [0.5, 0.6) is 0 Å². The molecule has 0 saturated carbocycles. The van der Waals surface area contributed by atoms with Gasteiger partial charge in [-0.3, -0.25) is 10.2 Å². The van der Waals surface area contributed by atoms with Gasteiger partial charge in [-0.05, 0) is 25.5 Å². The Labute approximate surface area is 112 Å². The van der Waals surface area contributed by atoms with Crippen LogP contribution >= 0.6 is 0 Å². The lowest BCUT2D eigenvalue weighted by molar-refractivity contribution is -0.121. The fraction of sp³-hybridized carbons (Fsp3) is 0.429. The van der Waals surface area contributed by atoms with Gasteiger partial charge in [0.2, 0.25) is 5.91 Å². The van der Waals surface area contributed by atoms with Crippen LogP contribution in [-0.4, -0.2) is 15.5 Å². The van der Waals surface area contributed by atoms with Crippen LogP contribution in [0.2, 0.25) is 0 Å². The first kappa shape index (κ1) is 13.5. The van der Waals surface area contributed by atoms with Crippen molar-refractivity contribution in [2.45, 2.75) is 39.2 Å². The normalized spacial score (nSPS) is 12.6. The van der Waals surface area contributed by atoms with E-state index in [2.05, 4.69) is 21.9 Å². The number of hydrogen-bond acceptors (Lipinski definition) is 3. The summed E-state index contributed by atoms with van der Waals surface area (Å²) in [5.41, 5.74) is 4.23. The summed E-state index contributed by atoms with van der Waals surface area (Å²) >= 11 is 0. The number of nitrogens with zero attached hydrogens (tertiary/aromatic N) is 2. The van der Waals surface area contributed by atoms with E-state index in [4.69, 9.17) is 5.84 Å². The van der Waals surface area contributed by atoms with Crippen LogP contribution in [0.25, 0.3) is 11.0 Å². The Morgan fingerprint density at radius 3 is 2.89 bits per heavy atom. The molecular formula is C14H20N4O. The van der Waals surface area contributed by atoms with Gasteiger partial charge in [-0.15, -0.1) is 0 Å². The quantitative estimate of drug-likeness (QED) is 0.490. The summed E-state index contributed by atoms with van der Waals surface area (Å²) in [7, 11) is 0. The van der Waals surface area contributed by atoms with Crippen molar-refractivity contribution < 1.29 is 4.79 Å². The van der Waals surface area contributed by atoms with E-state index in [0.717, 1.165) is 29.7 Å². The van der Waals surface area contributed by atoms with E-state index in [0.29, 0.717) is 6.42 Å². The molecule has 5 heteroatoms. The average Bonchev–Trinajstić information content (AvgIpc) is 2.76. The van der Waals surface area contributed by atoms with Gasteiger partial charge in [0.25, 0.3) is 0 Å². The largest absolute Gasteiger partial charge is 0.325 e. The minimum atomic E-state index is -0.160. The zero-order valence-electron chi connectivity index (χ0n) is 11.4. The van der Waals surface area contributed by atoms with E-state index in [1.807, 2.05) is 31.2 Å². The number of carbonyl (C=O) groups excluding carboxylic acids is 1. The number of amides is 1. The molecule has 5 nitrogen and oxygen atoms in total. The minimum absolute atomic E-state index is 0.0394. The SMILES string of the molecule is CCCc1nc2ccccc2n1C(C)CC(=O)NN. The molecule has 1 aromatic carbocycles. The maximum Gasteiger partial charge on any atom is 0.235 e. The number of nitrogens with two attached hydrogens (primary N) is 1. The molecule has 0 saturated heterocycles. The van der Waals surface area contributed by atoms with Crippen LogP contribution in [0, 0.1) is 0 Å². The van der Waals surface area contributed by atoms with Crippen molar-refractivity contribution in [3.8, 4) is 0 Å². The highest BCUT2D eigenvalue weighted by Gasteiger charge is 2.17. The van der Waals surface area contributed by atoms with Gasteiger partial charge in [0, 0.05) is 18.9 Å². The van der Waals surface area contributed by atoms with Crippen molar-refractivity contribution in [1.29, 1.82) is 0 Å². The predicted octanol–water partition coefficient (Wildman–Crippen LogP) is 1.93. The summed E-state index contributed by atoms with van der Waals surface area (Å²) in [5.74, 6) is 6.03. The number of aromatic nitrogens is 2. The third-order valence-corrected chi connectivity index (χ3v) is 3.23. The summed E-state index contributed by atoms with van der Waals surface area (Å²) in [6.45, 7) is 4.14. The summed E-state index contributed by atoms with van der Waals surface area (Å²) < 4.78 is 2.15. The Balaban J connectivity index is 2.43. The number of para-hydroxylation sites is 2. The van der Waals surface area contributed by atoms with Gasteiger partial charge in [-0.1, -0.05) is 19.1 Å². The maximum absolute atomic E-state index is 11.5. The van der Waals surface area contributed by atoms with Gasteiger partial charge in [0.15, 0.2) is 0 Å². The first-order valence-corrected chi connectivity index (χ1v) is 6.62. The fourth-order valence-corrected chi connectivity index (χ4v) is 2.40. The number of fused-ring (bicyclic) bond motifs is 1.